The maximum Gasteiger partial charge on any atom is 0.326 e. The predicted molar refractivity (Wildman–Crippen MR) is 289 cm³/mol. The van der Waals surface area contributed by atoms with Crippen LogP contribution in [-0.2, 0) is 68.7 Å². The van der Waals surface area contributed by atoms with Crippen LogP contribution in [-0.4, -0.2) is 212 Å². The molecule has 3 rings (SSSR count). The van der Waals surface area contributed by atoms with Gasteiger partial charge < -0.3 is 89.5 Å². The molecule has 2 aliphatic rings. The fourth-order valence-electron chi connectivity index (χ4n) is 8.98. The molecule has 0 spiro atoms. The lowest BCUT2D eigenvalue weighted by atomic mass is 9.95. The summed E-state index contributed by atoms with van der Waals surface area (Å²) in [6.45, 7) is 8.15. The van der Waals surface area contributed by atoms with E-state index in [4.69, 9.17) is 11.5 Å². The maximum absolute atomic E-state index is 14.4. The highest BCUT2D eigenvalue weighted by molar-refractivity contribution is 5.99. The topological polar surface area (TPSA) is 470 Å². The number of carbonyl (C=O) groups excluding carboxylic acids is 12. The van der Waals surface area contributed by atoms with E-state index in [0.717, 1.165) is 4.90 Å². The lowest BCUT2D eigenvalue weighted by Gasteiger charge is -2.33. The van der Waals surface area contributed by atoms with Gasteiger partial charge in [0.05, 0.1) is 44.4 Å². The van der Waals surface area contributed by atoms with Crippen LogP contribution in [0.25, 0.3) is 0 Å². The maximum atomic E-state index is 14.4. The van der Waals surface area contributed by atoms with Gasteiger partial charge in [-0.25, -0.2) is 4.79 Å². The minimum Gasteiger partial charge on any atom is -0.480 e. The number of primary amides is 1. The number of nitrogens with zero attached hydrogens (tertiary/aromatic N) is 2. The minimum absolute atomic E-state index is 0.0818. The lowest BCUT2D eigenvalue weighted by molar-refractivity contribution is -0.148. The standard InChI is InChI=1S/C52H81N13O17/c1-8-26(4)40(51(80)65-19-12-16-34(65)47(76)57-27(5)43(72)62-41(28(6)67)48(77)56-23-38(71)64-18-13-17-35(64)52(81)82)61-49(78)39(25(2)3)60-46(75)33(24-66)58-37(70)22-55-45(74)32(20-30-14-10-9-11-15-30)59-50(79)42(29(7)68)63-44(73)31(53)21-36(54)69/h9-11,14-15,25-29,31-35,39-42,66-68H,8,12-13,16-24,53H2,1-7H3,(H2,54,69)(H,55,74)(H,56,77)(H,57,76)(H,58,70)(H,59,79)(H,60,75)(H,61,78)(H,62,72)(H,63,73)(H,81,82)/t26-,27-,28+,29+,31-,32-,33-,34-,35-,39-,40-,41-,42-/m0/s1. The summed E-state index contributed by atoms with van der Waals surface area (Å²) >= 11 is 0. The van der Waals surface area contributed by atoms with Gasteiger partial charge in [-0.15, -0.1) is 0 Å². The number of carboxylic acid groups (broad SMARTS) is 1. The van der Waals surface area contributed by atoms with Crippen molar-refractivity contribution < 1.29 is 82.8 Å². The number of carboxylic acids is 1. The Labute approximate surface area is 474 Å². The molecular formula is C52H81N13O17. The molecule has 456 valence electrons. The average Bonchev–Trinajstić information content (AvgIpc) is 4.28. The second-order valence-corrected chi connectivity index (χ2v) is 20.8. The highest BCUT2D eigenvalue weighted by atomic mass is 16.4. The lowest BCUT2D eigenvalue weighted by Crippen LogP contribution is -2.62. The zero-order valence-corrected chi connectivity index (χ0v) is 47.1. The third-order valence-electron chi connectivity index (χ3n) is 13.9. The quantitative estimate of drug-likeness (QED) is 0.0329. The van der Waals surface area contributed by atoms with Crippen molar-refractivity contribution >= 4 is 76.9 Å². The molecule has 30 heteroatoms. The van der Waals surface area contributed by atoms with Gasteiger partial charge >= 0.3 is 5.97 Å². The first kappa shape index (κ1) is 68.4. The summed E-state index contributed by atoms with van der Waals surface area (Å²) < 4.78 is 0. The normalized spacial score (nSPS) is 18.9. The molecule has 17 N–H and O–H groups in total. The number of hydrogen-bond acceptors (Lipinski definition) is 17. The van der Waals surface area contributed by atoms with Crippen molar-refractivity contribution in [3.63, 3.8) is 0 Å². The number of aliphatic hydroxyl groups is 3. The first-order valence-electron chi connectivity index (χ1n) is 27.1. The van der Waals surface area contributed by atoms with Gasteiger partial charge in [-0.1, -0.05) is 64.4 Å². The van der Waals surface area contributed by atoms with Crippen molar-refractivity contribution in [2.45, 2.75) is 166 Å². The second-order valence-electron chi connectivity index (χ2n) is 20.8. The van der Waals surface area contributed by atoms with Crippen molar-refractivity contribution in [2.24, 2.45) is 23.3 Å². The molecule has 13 atom stereocenters. The van der Waals surface area contributed by atoms with Crippen LogP contribution in [0.4, 0.5) is 0 Å². The zero-order chi connectivity index (χ0) is 61.7. The van der Waals surface area contributed by atoms with Crippen molar-refractivity contribution in [3.8, 4) is 0 Å². The van der Waals surface area contributed by atoms with Crippen LogP contribution >= 0.6 is 0 Å². The fourth-order valence-corrected chi connectivity index (χ4v) is 8.98. The highest BCUT2D eigenvalue weighted by Crippen LogP contribution is 2.23. The van der Waals surface area contributed by atoms with Gasteiger partial charge in [0, 0.05) is 19.5 Å². The Bertz CT molecular complexity index is 2460. The molecule has 2 fully saturated rings. The van der Waals surface area contributed by atoms with E-state index >= 15 is 0 Å². The van der Waals surface area contributed by atoms with Gasteiger partial charge in [0.25, 0.3) is 0 Å². The molecule has 2 heterocycles. The van der Waals surface area contributed by atoms with Gasteiger partial charge in [-0.05, 0) is 63.9 Å². The van der Waals surface area contributed by atoms with E-state index in [1.165, 1.54) is 25.7 Å². The number of carbonyl (C=O) groups is 13. The Balaban J connectivity index is 1.65. The summed E-state index contributed by atoms with van der Waals surface area (Å²) in [7, 11) is 0. The van der Waals surface area contributed by atoms with E-state index in [9.17, 15) is 82.8 Å². The monoisotopic (exact) mass is 1160 g/mol. The molecule has 0 radical (unpaired) electrons. The summed E-state index contributed by atoms with van der Waals surface area (Å²) in [4.78, 5) is 173. The Morgan fingerprint density at radius 2 is 1.15 bits per heavy atom. The molecule has 1 aromatic carbocycles. The van der Waals surface area contributed by atoms with E-state index in [1.807, 2.05) is 0 Å². The molecule has 1 aromatic rings. The molecular weight excluding hydrogens is 1080 g/mol. The van der Waals surface area contributed by atoms with Crippen molar-refractivity contribution in [3.05, 3.63) is 35.9 Å². The second kappa shape index (κ2) is 32.6. The molecule has 2 aliphatic heterocycles. The molecule has 0 bridgehead atoms. The van der Waals surface area contributed by atoms with Crippen LogP contribution < -0.4 is 59.3 Å². The summed E-state index contributed by atoms with van der Waals surface area (Å²) in [5.74, 6) is -13.0. The van der Waals surface area contributed by atoms with Gasteiger partial charge in [0.2, 0.25) is 70.9 Å². The molecule has 12 amide bonds. The first-order valence-corrected chi connectivity index (χ1v) is 27.1. The van der Waals surface area contributed by atoms with Crippen LogP contribution in [0.15, 0.2) is 30.3 Å². The third-order valence-corrected chi connectivity index (χ3v) is 13.9. The van der Waals surface area contributed by atoms with Crippen molar-refractivity contribution in [1.82, 2.24) is 57.7 Å². The SMILES string of the molecule is CC[C@H](C)[C@H](NC(=O)[C@@H](NC(=O)[C@H](CO)NC(=O)CNC(=O)[C@H](Cc1ccccc1)NC(=O)[C@@H](NC(=O)[C@@H](N)CC(N)=O)[C@@H](C)O)C(C)C)C(=O)N1CCC[C@H]1C(=O)N[C@@H](C)C(=O)N[C@H](C(=O)NCC(=O)N1CCC[C@H]1C(=O)O)[C@@H](C)O. The average molecular weight is 1160 g/mol. The number of nitrogens with one attached hydrogen (secondary N) is 9. The number of amides is 12. The molecule has 2 saturated heterocycles. The Kier molecular flexibility index (Phi) is 27.2. The minimum atomic E-state index is -1.68. The van der Waals surface area contributed by atoms with E-state index in [-0.39, 0.29) is 32.4 Å². The van der Waals surface area contributed by atoms with Gasteiger partial charge in [0.15, 0.2) is 0 Å². The highest BCUT2D eigenvalue weighted by Gasteiger charge is 2.42. The van der Waals surface area contributed by atoms with Crippen molar-refractivity contribution in [2.75, 3.05) is 32.8 Å². The molecule has 82 heavy (non-hydrogen) atoms. The summed E-state index contributed by atoms with van der Waals surface area (Å²) in [6.07, 6.45) is -2.14. The number of likely N-dealkylation sites (tertiary alicyclic amines) is 2. The third kappa shape index (κ3) is 20.3. The van der Waals surface area contributed by atoms with Crippen LogP contribution in [0.1, 0.15) is 92.6 Å². The summed E-state index contributed by atoms with van der Waals surface area (Å²) in [5.41, 5.74) is 11.3. The molecule has 0 saturated carbocycles. The Morgan fingerprint density at radius 1 is 0.610 bits per heavy atom. The van der Waals surface area contributed by atoms with Gasteiger partial charge in [-0.2, -0.15) is 0 Å². The fraction of sp³-hybridized carbons (Fsp3) is 0.635. The van der Waals surface area contributed by atoms with E-state index in [1.54, 1.807) is 58.0 Å². The number of rotatable bonds is 31. The van der Waals surface area contributed by atoms with Crippen LogP contribution in [0.2, 0.25) is 0 Å². The number of aliphatic carboxylic acids is 1. The Hall–Kier alpha value is -7.83. The molecule has 30 nitrogen and oxygen atoms in total. The molecule has 0 aromatic heterocycles. The largest absolute Gasteiger partial charge is 0.480 e. The van der Waals surface area contributed by atoms with Crippen LogP contribution in [0, 0.1) is 11.8 Å². The first-order chi connectivity index (χ1) is 38.5. The van der Waals surface area contributed by atoms with Gasteiger partial charge in [-0.3, -0.25) is 57.5 Å². The number of hydrogen-bond donors (Lipinski definition) is 15. The van der Waals surface area contributed by atoms with Crippen LogP contribution in [0.3, 0.4) is 0 Å². The number of nitrogens with two attached hydrogens (primary N) is 2. The summed E-state index contributed by atoms with van der Waals surface area (Å²) in [5, 5.41) is 62.0. The smallest absolute Gasteiger partial charge is 0.326 e. The zero-order valence-electron chi connectivity index (χ0n) is 47.1. The summed E-state index contributed by atoms with van der Waals surface area (Å²) in [6, 6.07) is -5.62. The van der Waals surface area contributed by atoms with Gasteiger partial charge in [0.1, 0.15) is 54.4 Å². The van der Waals surface area contributed by atoms with E-state index in [0.29, 0.717) is 24.8 Å². The van der Waals surface area contributed by atoms with E-state index in [2.05, 4.69) is 47.9 Å². The Morgan fingerprint density at radius 3 is 1.71 bits per heavy atom. The predicted octanol–water partition coefficient (Wildman–Crippen LogP) is -6.40. The van der Waals surface area contributed by atoms with E-state index < -0.39 is 187 Å². The number of benzene rings is 1. The van der Waals surface area contributed by atoms with Crippen molar-refractivity contribution in [1.29, 1.82) is 0 Å². The molecule has 0 aliphatic carbocycles. The molecule has 0 unspecified atom stereocenters. The van der Waals surface area contributed by atoms with Crippen LogP contribution in [0.5, 0.6) is 0 Å². The number of aliphatic hydroxyl groups excluding tert-OH is 3.